The quantitative estimate of drug-likeness (QED) is 0.577. The van der Waals surface area contributed by atoms with Crippen molar-refractivity contribution in [2.45, 2.75) is 58.7 Å². The van der Waals surface area contributed by atoms with Crippen molar-refractivity contribution in [2.24, 2.45) is 0 Å². The minimum absolute atomic E-state index is 0.00291. The number of carbonyl (C=O) groups is 1. The fourth-order valence-corrected chi connectivity index (χ4v) is 5.93. The van der Waals surface area contributed by atoms with Gasteiger partial charge in [-0.25, -0.2) is 8.42 Å². The van der Waals surface area contributed by atoms with E-state index in [2.05, 4.69) is 13.8 Å². The van der Waals surface area contributed by atoms with Gasteiger partial charge in [0.15, 0.2) is 15.9 Å². The lowest BCUT2D eigenvalue weighted by Crippen LogP contribution is -2.46. The number of carbonyl (C=O) groups excluding carboxylic acids is 1. The summed E-state index contributed by atoms with van der Waals surface area (Å²) < 4.78 is 30.5. The zero-order chi connectivity index (χ0) is 24.3. The number of rotatable bonds is 8. The number of hydrogen-bond donors (Lipinski definition) is 0. The molecule has 2 aromatic carbocycles. The first-order valence-corrected chi connectivity index (χ1v) is 13.3. The molecule has 7 heteroatoms. The first kappa shape index (κ1) is 25.1. The maximum Gasteiger partial charge on any atom is 0.263 e. The molecule has 2 aromatic rings. The molecule has 3 rings (SSSR count). The predicted octanol–water partition coefficient (Wildman–Crippen LogP) is 4.17. The number of amides is 1. The molecular weight excluding hydrogens is 436 g/mol. The maximum atomic E-state index is 13.6. The average molecular weight is 473 g/mol. The van der Waals surface area contributed by atoms with Crippen molar-refractivity contribution < 1.29 is 17.9 Å². The molecule has 1 amide bonds. The van der Waals surface area contributed by atoms with Crippen molar-refractivity contribution in [3.8, 4) is 5.75 Å². The Bertz CT molecular complexity index is 1080. The number of nitrogens with zero attached hydrogens (tertiary/aromatic N) is 2. The van der Waals surface area contributed by atoms with E-state index in [4.69, 9.17) is 4.74 Å². The molecule has 0 unspecified atom stereocenters. The molecule has 33 heavy (non-hydrogen) atoms. The summed E-state index contributed by atoms with van der Waals surface area (Å²) in [7, 11) is 0.819. The molecule has 6 nitrogen and oxygen atoms in total. The number of hydrogen-bond acceptors (Lipinski definition) is 5. The lowest BCUT2D eigenvalue weighted by atomic mass is 10.0. The molecule has 1 aliphatic heterocycles. The van der Waals surface area contributed by atoms with Crippen molar-refractivity contribution in [3.63, 3.8) is 0 Å². The van der Waals surface area contributed by atoms with E-state index >= 15 is 0 Å². The molecule has 0 bridgehead atoms. The van der Waals surface area contributed by atoms with Gasteiger partial charge in [-0.15, -0.1) is 0 Å². The zero-order valence-corrected chi connectivity index (χ0v) is 21.4. The van der Waals surface area contributed by atoms with Crippen LogP contribution in [0.4, 0.5) is 5.69 Å². The predicted molar refractivity (Wildman–Crippen MR) is 134 cm³/mol. The van der Waals surface area contributed by atoms with Crippen LogP contribution >= 0.6 is 0 Å². The van der Waals surface area contributed by atoms with Crippen LogP contribution in [0, 0.1) is 6.92 Å². The summed E-state index contributed by atoms with van der Waals surface area (Å²) in [4.78, 5) is 17.3. The second-order valence-corrected chi connectivity index (χ2v) is 11.8. The van der Waals surface area contributed by atoms with E-state index < -0.39 is 15.9 Å². The highest BCUT2D eigenvalue weighted by Crippen LogP contribution is 2.29. The first-order valence-electron chi connectivity index (χ1n) is 11.5. The first-order chi connectivity index (χ1) is 15.5. The molecule has 0 N–H and O–H groups in total. The number of sulfone groups is 1. The normalized spacial score (nSPS) is 18.2. The van der Waals surface area contributed by atoms with Gasteiger partial charge in [0, 0.05) is 32.4 Å². The molecule has 1 saturated heterocycles. The summed E-state index contributed by atoms with van der Waals surface area (Å²) in [5.41, 5.74) is 4.14. The van der Waals surface area contributed by atoms with Crippen LogP contribution in [0.25, 0.3) is 0 Å². The topological polar surface area (TPSA) is 66.9 Å². The van der Waals surface area contributed by atoms with E-state index in [0.717, 1.165) is 22.4 Å². The van der Waals surface area contributed by atoms with Crippen LogP contribution in [0.5, 0.6) is 5.75 Å². The number of anilines is 1. The summed E-state index contributed by atoms with van der Waals surface area (Å²) in [6.45, 7) is 8.29. The summed E-state index contributed by atoms with van der Waals surface area (Å²) in [5, 5.41) is 0. The number of benzene rings is 2. The van der Waals surface area contributed by atoms with E-state index in [1.807, 2.05) is 68.4 Å². The van der Waals surface area contributed by atoms with Gasteiger partial charge in [0.25, 0.3) is 5.91 Å². The van der Waals surface area contributed by atoms with Crippen LogP contribution in [0.2, 0.25) is 0 Å². The smallest absolute Gasteiger partial charge is 0.263 e. The van der Waals surface area contributed by atoms with Gasteiger partial charge in [-0.3, -0.25) is 4.79 Å². The van der Waals surface area contributed by atoms with Gasteiger partial charge in [0.1, 0.15) is 5.75 Å². The highest BCUT2D eigenvalue weighted by Gasteiger charge is 2.36. The number of ether oxygens (including phenoxy) is 1. The van der Waals surface area contributed by atoms with Crippen LogP contribution in [-0.4, -0.2) is 57.0 Å². The molecule has 0 radical (unpaired) electrons. The Morgan fingerprint density at radius 3 is 2.30 bits per heavy atom. The fraction of sp³-hybridized carbons (Fsp3) is 0.500. The number of aryl methyl sites for hydroxylation is 1. The Hall–Kier alpha value is -2.54. The minimum Gasteiger partial charge on any atom is -0.481 e. The van der Waals surface area contributed by atoms with Crippen molar-refractivity contribution in [1.82, 2.24) is 4.90 Å². The third kappa shape index (κ3) is 6.28. The molecule has 0 aliphatic carbocycles. The molecule has 2 atom stereocenters. The summed E-state index contributed by atoms with van der Waals surface area (Å²) in [5.74, 6) is 0.897. The standard InChI is InChI=1S/C26H36N2O4S/c1-18(2)24-12-7-19(3)15-25(24)32-20(4)26(29)28(23-13-14-33(30,31)17-23)16-21-8-10-22(11-9-21)27(5)6/h7-12,15,18,20,23H,13-14,16-17H2,1-6H3/t20-,23-/m0/s1. The molecule has 1 aliphatic rings. The van der Waals surface area contributed by atoms with Crippen LogP contribution in [0.1, 0.15) is 49.8 Å². The molecule has 0 spiro atoms. The third-order valence-corrected chi connectivity index (χ3v) is 7.93. The average Bonchev–Trinajstić information content (AvgIpc) is 3.11. The molecule has 0 aromatic heterocycles. The monoisotopic (exact) mass is 472 g/mol. The van der Waals surface area contributed by atoms with Crippen LogP contribution in [0.3, 0.4) is 0 Å². The van der Waals surface area contributed by atoms with Gasteiger partial charge in [0.05, 0.1) is 11.5 Å². The Kier molecular flexibility index (Phi) is 7.73. The minimum atomic E-state index is -3.13. The van der Waals surface area contributed by atoms with Crippen molar-refractivity contribution in [1.29, 1.82) is 0 Å². The SMILES string of the molecule is Cc1ccc(C(C)C)c(O[C@@H](C)C(=O)N(Cc2ccc(N(C)C)cc2)[C@H]2CCS(=O)(=O)C2)c1. The molecule has 1 fully saturated rings. The van der Waals surface area contributed by atoms with Crippen LogP contribution in [-0.2, 0) is 21.2 Å². The van der Waals surface area contributed by atoms with Gasteiger partial charge in [-0.2, -0.15) is 0 Å². The van der Waals surface area contributed by atoms with E-state index in [0.29, 0.717) is 18.7 Å². The highest BCUT2D eigenvalue weighted by atomic mass is 32.2. The summed E-state index contributed by atoms with van der Waals surface area (Å²) >= 11 is 0. The zero-order valence-electron chi connectivity index (χ0n) is 20.5. The van der Waals surface area contributed by atoms with Crippen molar-refractivity contribution in [3.05, 3.63) is 59.2 Å². The Morgan fingerprint density at radius 1 is 1.09 bits per heavy atom. The second kappa shape index (κ2) is 10.2. The van der Waals surface area contributed by atoms with E-state index in [1.54, 1.807) is 11.8 Å². The van der Waals surface area contributed by atoms with Crippen LogP contribution in [0.15, 0.2) is 42.5 Å². The van der Waals surface area contributed by atoms with E-state index in [1.165, 1.54) is 0 Å². The Labute approximate surface area is 198 Å². The van der Waals surface area contributed by atoms with Gasteiger partial charge in [-0.1, -0.05) is 38.1 Å². The van der Waals surface area contributed by atoms with Crippen LogP contribution < -0.4 is 9.64 Å². The van der Waals surface area contributed by atoms with Gasteiger partial charge in [0.2, 0.25) is 0 Å². The van der Waals surface area contributed by atoms with Gasteiger partial charge in [-0.05, 0) is 61.1 Å². The molecular formula is C26H36N2O4S. The Balaban J connectivity index is 1.85. The van der Waals surface area contributed by atoms with Crippen molar-refractivity contribution >= 4 is 21.4 Å². The van der Waals surface area contributed by atoms with E-state index in [9.17, 15) is 13.2 Å². The lowest BCUT2D eigenvalue weighted by Gasteiger charge is -2.31. The second-order valence-electron chi connectivity index (χ2n) is 9.54. The largest absolute Gasteiger partial charge is 0.481 e. The fourth-order valence-electron chi connectivity index (χ4n) is 4.20. The maximum absolute atomic E-state index is 13.6. The summed E-state index contributed by atoms with van der Waals surface area (Å²) in [6.07, 6.45) is -0.271. The van der Waals surface area contributed by atoms with Gasteiger partial charge < -0.3 is 14.5 Å². The molecule has 1 heterocycles. The van der Waals surface area contributed by atoms with E-state index in [-0.39, 0.29) is 29.4 Å². The highest BCUT2D eigenvalue weighted by molar-refractivity contribution is 7.91. The third-order valence-electron chi connectivity index (χ3n) is 6.18. The van der Waals surface area contributed by atoms with Crippen molar-refractivity contribution in [2.75, 3.05) is 30.5 Å². The lowest BCUT2D eigenvalue weighted by molar-refractivity contribution is -0.140. The molecule has 180 valence electrons. The van der Waals surface area contributed by atoms with Gasteiger partial charge >= 0.3 is 0 Å². The Morgan fingerprint density at radius 2 is 1.76 bits per heavy atom. The summed E-state index contributed by atoms with van der Waals surface area (Å²) in [6, 6.07) is 13.7. The molecule has 0 saturated carbocycles.